The Hall–Kier alpha value is -10.3. The van der Waals surface area contributed by atoms with E-state index in [2.05, 4.69) is 268 Å². The monoisotopic (exact) mass is 1750 g/mol. The number of aromatic hydroxyl groups is 1. The fourth-order valence-electron chi connectivity index (χ4n) is 16.7. The van der Waals surface area contributed by atoms with Gasteiger partial charge in [0.05, 0.1) is 22.3 Å². The van der Waals surface area contributed by atoms with Gasteiger partial charge in [-0.3, -0.25) is 0 Å². The third-order valence-corrected chi connectivity index (χ3v) is 28.4. The minimum absolute atomic E-state index is 0. The van der Waals surface area contributed by atoms with Gasteiger partial charge in [-0.1, -0.05) is 200 Å². The fraction of sp³-hybridized carbons (Fsp3) is 0.252. The molecule has 0 unspecified atom stereocenters. The number of rotatable bonds is 15. The molecule has 0 aliphatic heterocycles. The average Bonchev–Trinajstić information content (AvgIpc) is 0.954. The maximum Gasteiger partial charge on any atom is 0.416 e. The second kappa shape index (κ2) is 38.4. The Morgan fingerprint density at radius 2 is 0.645 bits per heavy atom. The average molecular weight is 1750 g/mol. The molecule has 12 aromatic carbocycles. The van der Waals surface area contributed by atoms with Gasteiger partial charge >= 0.3 is 180 Å². The van der Waals surface area contributed by atoms with Crippen LogP contribution in [0.5, 0.6) is 5.75 Å². The van der Waals surface area contributed by atoms with Crippen molar-refractivity contribution in [3.63, 3.8) is 0 Å². The summed E-state index contributed by atoms with van der Waals surface area (Å²) in [6, 6.07) is 77.7. The third kappa shape index (κ3) is 21.8. The molecule has 0 aliphatic carbocycles. The van der Waals surface area contributed by atoms with Gasteiger partial charge in [0, 0.05) is 11.1 Å². The molecule has 632 valence electrons. The molecule has 0 radical (unpaired) electrons. The van der Waals surface area contributed by atoms with Crippen molar-refractivity contribution in [2.75, 3.05) is 0 Å². The van der Waals surface area contributed by atoms with Crippen molar-refractivity contribution in [3.05, 3.63) is 367 Å². The first-order valence-corrected chi connectivity index (χ1v) is 43.6. The molecule has 0 saturated carbocycles. The first-order chi connectivity index (χ1) is 56.2. The number of phenols is 1. The molecule has 1 aromatic heterocycles. The molecule has 0 aliphatic rings. The number of alkyl halides is 12. The molecule has 13 rings (SSSR count). The fourth-order valence-corrected chi connectivity index (χ4v) is 22.9. The summed E-state index contributed by atoms with van der Waals surface area (Å²) in [6.45, 7) is 36.1. The number of hydrogen-bond acceptors (Lipinski definition) is 2. The molecule has 0 amide bonds. The Kier molecular flexibility index (Phi) is 30.0. The van der Waals surface area contributed by atoms with E-state index < -0.39 is 94.7 Å². The molecule has 1 N–H and O–H groups in total. The Bertz CT molecular complexity index is 5480. The van der Waals surface area contributed by atoms with Crippen LogP contribution < -0.4 is 48.1 Å². The van der Waals surface area contributed by atoms with Crippen LogP contribution in [-0.4, -0.2) is 15.7 Å². The van der Waals surface area contributed by atoms with Gasteiger partial charge in [0.1, 0.15) is 40.4 Å². The molecule has 0 atom stereocenters. The molecule has 18 heteroatoms. The van der Waals surface area contributed by atoms with E-state index in [4.69, 9.17) is 3.50 Å². The van der Waals surface area contributed by atoms with E-state index in [9.17, 15) is 57.8 Å². The largest absolute Gasteiger partial charge is 0.665 e. The van der Waals surface area contributed by atoms with E-state index >= 15 is 0 Å². The maximum atomic E-state index is 14.2. The smallest absolute Gasteiger partial charge is 0.416 e. The minimum Gasteiger partial charge on any atom is -0.665 e. The SMILES string of the molecule is C.CC(C)c1cccc(C(C)C)c1[N]=[Mo]=[CH]C(C)(C)c1ccccc1.Cc1cc(C)c(-c2cc([P+](c3ccccc3)(c3ccccc3)c3ccccc3)cc(-c3c(C)cc(C)cc3C)c2O)c(C)c1.Cc1cc(C)cc([B-](c2cc(C)cc(C(F)(F)F)c2)(c2cc(C)cc(C(F)(F)F)c2)c2cc(C(F)(F)F)cc(C(F)(F)F)c2)c1.Cc1ccc(C)[n-]1. The van der Waals surface area contributed by atoms with Crippen molar-refractivity contribution in [1.29, 1.82) is 0 Å². The van der Waals surface area contributed by atoms with Crippen LogP contribution in [0.15, 0.2) is 264 Å². The Morgan fingerprint density at radius 1 is 0.347 bits per heavy atom. The zero-order valence-electron chi connectivity index (χ0n) is 70.9. The Balaban J connectivity index is 0.000000205. The Morgan fingerprint density at radius 3 is 0.959 bits per heavy atom. The molecule has 0 bridgehead atoms. The first-order valence-electron chi connectivity index (χ1n) is 39.7. The van der Waals surface area contributed by atoms with Gasteiger partial charge in [-0.25, -0.2) is 0 Å². The third-order valence-electron chi connectivity index (χ3n) is 21.8. The summed E-state index contributed by atoms with van der Waals surface area (Å²) < 4.78 is 178. The van der Waals surface area contributed by atoms with Gasteiger partial charge in [-0.05, 0) is 169 Å². The summed E-state index contributed by atoms with van der Waals surface area (Å²) in [5.41, 5.74) is 11.7. The van der Waals surface area contributed by atoms with Crippen LogP contribution >= 0.6 is 7.26 Å². The number of phenolic OH excluding ortho intramolecular Hbond substituents is 1. The van der Waals surface area contributed by atoms with E-state index in [1.807, 2.05) is 26.0 Å². The molecule has 0 spiro atoms. The number of hydrogen-bond donors (Lipinski definition) is 1. The number of nitrogens with zero attached hydrogens (tertiary/aromatic N) is 2. The molecule has 0 fully saturated rings. The van der Waals surface area contributed by atoms with Gasteiger partial charge in [0.2, 0.25) is 0 Å². The van der Waals surface area contributed by atoms with Crippen LogP contribution in [0.1, 0.15) is 167 Å². The predicted octanol–water partition coefficient (Wildman–Crippen LogP) is 26.1. The van der Waals surface area contributed by atoms with Crippen LogP contribution in [0.4, 0.5) is 58.4 Å². The van der Waals surface area contributed by atoms with Crippen LogP contribution in [0.25, 0.3) is 22.3 Å². The van der Waals surface area contributed by atoms with Crippen molar-refractivity contribution >= 4 is 66.6 Å². The molecule has 13 aromatic rings. The standard InChI is InChI=1S/C42H39OP.C32H24BF12.C12H17N.C10H12.C6H8N.CH4.Mo/c1-28-22-30(3)40(31(4)23-28)38-26-37(27-39(42(38)43)41-32(5)24-29(2)25-33(41)6)44(34-16-10-7-11-17-34,35-18-12-8-13-19-35)36-20-14-9-15-21-36;1-17-5-18(2)9-25(8-17)33(26-10-19(3)6-21(13-26)29(34,35)36,27-11-20(4)7-22(14-27)30(37,38)39)28-15-23(31(40,41)42)12-24(16-28)32(43,44)45;1-8(2)10-6-5-7-11(9(3)4)12(10)13;1-10(2,3)9-7-5-4-6-8-9;1-5-3-4-6(2)7-5;;/h7-27H,1-6H3;5-16H,1-4H3;5-9H,1-4H3;1,4-8H,2-3H3;3-4H,1-2H3;1H4;/q;-1;;;-1;;/p+1. The number of halogens is 12. The summed E-state index contributed by atoms with van der Waals surface area (Å²) in [5.74, 6) is 1.36. The second-order valence-corrected chi connectivity index (χ2v) is 37.7. The van der Waals surface area contributed by atoms with E-state index in [1.54, 1.807) is 19.9 Å². The van der Waals surface area contributed by atoms with Gasteiger partial charge in [0.25, 0.3) is 0 Å². The van der Waals surface area contributed by atoms with E-state index in [-0.39, 0.29) is 35.5 Å². The van der Waals surface area contributed by atoms with E-state index in [1.165, 1.54) is 103 Å². The number of aryl methyl sites for hydroxylation is 12. The van der Waals surface area contributed by atoms with E-state index in [0.717, 1.165) is 57.9 Å². The van der Waals surface area contributed by atoms with Crippen molar-refractivity contribution in [1.82, 2.24) is 4.98 Å². The zero-order valence-corrected chi connectivity index (χ0v) is 73.8. The molecule has 0 saturated heterocycles. The molecular weight excluding hydrogens is 1650 g/mol. The van der Waals surface area contributed by atoms with Crippen LogP contribution in [0.3, 0.4) is 0 Å². The van der Waals surface area contributed by atoms with Crippen LogP contribution in [0, 0.1) is 83.1 Å². The molecule has 3 nitrogen and oxygen atoms in total. The van der Waals surface area contributed by atoms with Crippen molar-refractivity contribution in [2.45, 2.75) is 174 Å². The van der Waals surface area contributed by atoms with Gasteiger partial charge in [-0.2, -0.15) is 85.9 Å². The molecule has 1 heterocycles. The summed E-state index contributed by atoms with van der Waals surface area (Å²) in [4.78, 5) is 4.11. The summed E-state index contributed by atoms with van der Waals surface area (Å²) in [7, 11) is -2.41. The normalized spacial score (nSPS) is 12.0. The van der Waals surface area contributed by atoms with E-state index in [0.29, 0.717) is 53.0 Å². The summed E-state index contributed by atoms with van der Waals surface area (Å²) in [6.07, 6.45) is -24.3. The predicted molar refractivity (Wildman–Crippen MR) is 479 cm³/mol. The summed E-state index contributed by atoms with van der Waals surface area (Å²) in [5, 5.41) is 17.4. The van der Waals surface area contributed by atoms with Gasteiger partial charge < -0.3 is 10.1 Å². The van der Waals surface area contributed by atoms with Crippen molar-refractivity contribution in [3.8, 4) is 28.0 Å². The second-order valence-electron chi connectivity index (χ2n) is 32.7. The first kappa shape index (κ1) is 94.6. The topological polar surface area (TPSA) is 46.7 Å². The van der Waals surface area contributed by atoms with Gasteiger partial charge in [-0.15, -0.1) is 0 Å². The van der Waals surface area contributed by atoms with Crippen molar-refractivity contribution in [2.24, 2.45) is 3.50 Å². The van der Waals surface area contributed by atoms with Crippen LogP contribution in [0.2, 0.25) is 0 Å². The number of aromatic nitrogens is 1. The summed E-state index contributed by atoms with van der Waals surface area (Å²) >= 11 is -0.553. The zero-order chi connectivity index (χ0) is 87.9. The minimum atomic E-state index is -5.35. The molecule has 121 heavy (non-hydrogen) atoms. The Labute approximate surface area is 715 Å². The van der Waals surface area contributed by atoms with Crippen LogP contribution in [-0.2, 0) is 48.0 Å². The van der Waals surface area contributed by atoms with Gasteiger partial charge in [0.15, 0.2) is 0 Å². The van der Waals surface area contributed by atoms with Crippen molar-refractivity contribution < 1.29 is 75.7 Å². The molecular formula is C103H105BF12MoN2OP-. The number of benzene rings is 12. The maximum absolute atomic E-state index is 14.2. The quantitative estimate of drug-likeness (QED) is 0.0632.